The lowest BCUT2D eigenvalue weighted by Gasteiger charge is -2.32. The fraction of sp³-hybridized carbons (Fsp3) is 0.333. The molecule has 0 fully saturated rings. The topological polar surface area (TPSA) is 96.0 Å². The monoisotopic (exact) mass is 585 g/mol. The third kappa shape index (κ3) is 7.99. The van der Waals surface area contributed by atoms with E-state index in [1.165, 1.54) is 17.0 Å². The van der Waals surface area contributed by atoms with Gasteiger partial charge in [0.15, 0.2) is 0 Å². The minimum Gasteiger partial charge on any atom is -0.494 e. The van der Waals surface area contributed by atoms with Crippen LogP contribution in [-0.2, 0) is 26.2 Å². The van der Waals surface area contributed by atoms with Crippen LogP contribution >= 0.6 is 11.6 Å². The largest absolute Gasteiger partial charge is 0.494 e. The molecule has 1 N–H and O–H groups in total. The van der Waals surface area contributed by atoms with Gasteiger partial charge in [-0.25, -0.2) is 8.42 Å². The molecule has 8 nitrogen and oxygen atoms in total. The zero-order valence-electron chi connectivity index (χ0n) is 23.2. The summed E-state index contributed by atoms with van der Waals surface area (Å²) in [5.74, 6) is -0.295. The molecule has 0 spiro atoms. The number of carbonyl (C=O) groups excluding carboxylic acids is 2. The maximum atomic E-state index is 13.9. The van der Waals surface area contributed by atoms with Crippen LogP contribution in [0.3, 0.4) is 0 Å². The van der Waals surface area contributed by atoms with Crippen LogP contribution in [0.4, 0.5) is 5.69 Å². The van der Waals surface area contributed by atoms with Gasteiger partial charge in [-0.2, -0.15) is 0 Å². The molecule has 3 aromatic carbocycles. The van der Waals surface area contributed by atoms with Crippen LogP contribution in [0.1, 0.15) is 39.7 Å². The molecule has 0 saturated heterocycles. The highest BCUT2D eigenvalue weighted by atomic mass is 35.5. The lowest BCUT2D eigenvalue weighted by Crippen LogP contribution is -2.52. The Morgan fingerprint density at radius 1 is 0.950 bits per heavy atom. The lowest BCUT2D eigenvalue weighted by atomic mass is 10.1. The van der Waals surface area contributed by atoms with Gasteiger partial charge in [0.05, 0.1) is 17.2 Å². The lowest BCUT2D eigenvalue weighted by molar-refractivity contribution is -0.139. The molecular weight excluding hydrogens is 550 g/mol. The van der Waals surface area contributed by atoms with E-state index in [2.05, 4.69) is 5.32 Å². The van der Waals surface area contributed by atoms with Crippen LogP contribution in [0.15, 0.2) is 83.8 Å². The van der Waals surface area contributed by atoms with Crippen molar-refractivity contribution >= 4 is 39.1 Å². The highest BCUT2D eigenvalue weighted by Crippen LogP contribution is 2.27. The Morgan fingerprint density at radius 2 is 1.62 bits per heavy atom. The van der Waals surface area contributed by atoms with E-state index in [4.69, 9.17) is 16.3 Å². The van der Waals surface area contributed by atoms with E-state index in [9.17, 15) is 18.0 Å². The van der Waals surface area contributed by atoms with E-state index in [1.807, 2.05) is 20.8 Å². The average Bonchev–Trinajstić information content (AvgIpc) is 2.95. The predicted octanol–water partition coefficient (Wildman–Crippen LogP) is 5.27. The minimum absolute atomic E-state index is 0.0423. The number of amides is 2. The molecule has 0 saturated carbocycles. The van der Waals surface area contributed by atoms with Gasteiger partial charge in [-0.3, -0.25) is 13.9 Å². The van der Waals surface area contributed by atoms with Gasteiger partial charge in [-0.1, -0.05) is 48.9 Å². The Bertz CT molecular complexity index is 1380. The minimum atomic E-state index is -4.13. The number of anilines is 1. The second-order valence-corrected chi connectivity index (χ2v) is 11.7. The first kappa shape index (κ1) is 31.0. The number of hydrogen-bond acceptors (Lipinski definition) is 5. The molecule has 2 amide bonds. The van der Waals surface area contributed by atoms with Crippen LogP contribution in [0.5, 0.6) is 5.75 Å². The first-order valence-corrected chi connectivity index (χ1v) is 15.0. The van der Waals surface area contributed by atoms with E-state index in [-0.39, 0.29) is 23.4 Å². The maximum absolute atomic E-state index is 13.9. The summed E-state index contributed by atoms with van der Waals surface area (Å²) in [5, 5.41) is 3.41. The molecule has 0 bridgehead atoms. The molecule has 0 aliphatic carbocycles. The second-order valence-electron chi connectivity index (χ2n) is 9.40. The first-order valence-electron chi connectivity index (χ1n) is 13.2. The Kier molecular flexibility index (Phi) is 11.0. The number of ether oxygens (including phenoxy) is 1. The third-order valence-corrected chi connectivity index (χ3v) is 8.48. The van der Waals surface area contributed by atoms with Crippen molar-refractivity contribution in [3.63, 3.8) is 0 Å². The van der Waals surface area contributed by atoms with Crippen molar-refractivity contribution in [1.82, 2.24) is 10.2 Å². The van der Waals surface area contributed by atoms with Gasteiger partial charge < -0.3 is 15.0 Å². The van der Waals surface area contributed by atoms with Gasteiger partial charge in [-0.15, -0.1) is 0 Å². The maximum Gasteiger partial charge on any atom is 0.264 e. The number of nitrogens with one attached hydrogen (secondary N) is 1. The standard InChI is InChI=1S/C30H36ClN3O5S/c1-5-22(3)32-30(36)23(4)33(20-24-11-10-12-25(31)19-24)29(35)21-34(26-15-17-27(18-16-26)39-6-2)40(37,38)28-13-8-7-9-14-28/h7-19,22-23H,5-6,20-21H2,1-4H3,(H,32,36)/t22-,23+/m0/s1. The van der Waals surface area contributed by atoms with Crippen molar-refractivity contribution in [2.45, 2.75) is 57.6 Å². The molecule has 0 aromatic heterocycles. The molecule has 10 heteroatoms. The molecule has 2 atom stereocenters. The zero-order valence-corrected chi connectivity index (χ0v) is 24.8. The van der Waals surface area contributed by atoms with Crippen LogP contribution in [0.25, 0.3) is 0 Å². The van der Waals surface area contributed by atoms with Gasteiger partial charge in [0.25, 0.3) is 10.0 Å². The number of halogens is 1. The highest BCUT2D eigenvalue weighted by molar-refractivity contribution is 7.92. The average molecular weight is 586 g/mol. The normalized spacial score (nSPS) is 12.7. The second kappa shape index (κ2) is 14.2. The Labute approximate surface area is 241 Å². The van der Waals surface area contributed by atoms with Crippen LogP contribution in [-0.4, -0.2) is 50.4 Å². The van der Waals surface area contributed by atoms with Crippen molar-refractivity contribution in [1.29, 1.82) is 0 Å². The fourth-order valence-corrected chi connectivity index (χ4v) is 5.65. The molecule has 0 unspecified atom stereocenters. The Hall–Kier alpha value is -3.56. The zero-order chi connectivity index (χ0) is 29.3. The molecule has 214 valence electrons. The Balaban J connectivity index is 2.01. The number of carbonyl (C=O) groups is 2. The third-order valence-electron chi connectivity index (χ3n) is 6.46. The summed E-state index contributed by atoms with van der Waals surface area (Å²) in [6.07, 6.45) is 0.724. The molecule has 0 aliphatic rings. The SMILES string of the molecule is CCOc1ccc(N(CC(=O)N(Cc2cccc(Cl)c2)[C@H](C)C(=O)N[C@@H](C)CC)S(=O)(=O)c2ccccc2)cc1. The molecule has 0 heterocycles. The van der Waals surface area contributed by atoms with Crippen molar-refractivity contribution < 1.29 is 22.7 Å². The van der Waals surface area contributed by atoms with Crippen molar-refractivity contribution in [3.8, 4) is 5.75 Å². The summed E-state index contributed by atoms with van der Waals surface area (Å²) in [4.78, 5) is 28.5. The van der Waals surface area contributed by atoms with Gasteiger partial charge in [0, 0.05) is 17.6 Å². The molecule has 3 rings (SSSR count). The summed E-state index contributed by atoms with van der Waals surface area (Å²) in [7, 11) is -4.13. The summed E-state index contributed by atoms with van der Waals surface area (Å²) in [6.45, 7) is 7.32. The van der Waals surface area contributed by atoms with Crippen LogP contribution in [0.2, 0.25) is 5.02 Å². The Morgan fingerprint density at radius 3 is 2.23 bits per heavy atom. The number of rotatable bonds is 13. The molecule has 3 aromatic rings. The van der Waals surface area contributed by atoms with E-state index in [0.29, 0.717) is 28.6 Å². The summed E-state index contributed by atoms with van der Waals surface area (Å²) >= 11 is 6.18. The molecule has 0 radical (unpaired) electrons. The fourth-order valence-electron chi connectivity index (χ4n) is 4.00. The highest BCUT2D eigenvalue weighted by Gasteiger charge is 2.32. The van der Waals surface area contributed by atoms with Crippen LogP contribution in [0, 0.1) is 0 Å². The molecule has 40 heavy (non-hydrogen) atoms. The summed E-state index contributed by atoms with van der Waals surface area (Å²) in [6, 6.07) is 20.5. The quantitative estimate of drug-likeness (QED) is 0.295. The summed E-state index contributed by atoms with van der Waals surface area (Å²) < 4.78 is 34.2. The predicted molar refractivity (Wildman–Crippen MR) is 158 cm³/mol. The first-order chi connectivity index (χ1) is 19.1. The molecule has 0 aliphatic heterocycles. The van der Waals surface area contributed by atoms with Crippen molar-refractivity contribution in [3.05, 3.63) is 89.4 Å². The van der Waals surface area contributed by atoms with E-state index >= 15 is 0 Å². The van der Waals surface area contributed by atoms with E-state index in [1.54, 1.807) is 73.7 Å². The number of sulfonamides is 1. The van der Waals surface area contributed by atoms with Gasteiger partial charge in [-0.05, 0) is 81.3 Å². The van der Waals surface area contributed by atoms with E-state index in [0.717, 1.165) is 10.7 Å². The van der Waals surface area contributed by atoms with Gasteiger partial charge in [0.2, 0.25) is 11.8 Å². The van der Waals surface area contributed by atoms with E-state index < -0.39 is 28.5 Å². The van der Waals surface area contributed by atoms with Crippen LogP contribution < -0.4 is 14.4 Å². The summed E-state index contributed by atoms with van der Waals surface area (Å²) in [5.41, 5.74) is 1.00. The smallest absolute Gasteiger partial charge is 0.264 e. The number of benzene rings is 3. The van der Waals surface area contributed by atoms with Crippen molar-refractivity contribution in [2.24, 2.45) is 0 Å². The van der Waals surface area contributed by atoms with Gasteiger partial charge in [0.1, 0.15) is 18.3 Å². The number of hydrogen-bond donors (Lipinski definition) is 1. The number of nitrogens with zero attached hydrogens (tertiary/aromatic N) is 2. The van der Waals surface area contributed by atoms with Gasteiger partial charge >= 0.3 is 0 Å². The molecular formula is C30H36ClN3O5S. The van der Waals surface area contributed by atoms with Crippen molar-refractivity contribution in [2.75, 3.05) is 17.5 Å².